The third-order valence-electron chi connectivity index (χ3n) is 4.19. The van der Waals surface area contributed by atoms with Crippen LogP contribution in [0, 0.1) is 0 Å². The maximum absolute atomic E-state index is 4.74. The largest absolute Gasteiger partial charge is 0.265 e. The van der Waals surface area contributed by atoms with E-state index in [0.29, 0.717) is 0 Å². The van der Waals surface area contributed by atoms with Crippen molar-refractivity contribution in [1.29, 1.82) is 0 Å². The number of benzene rings is 2. The average molecular weight is 343 g/mol. The molecule has 0 saturated carbocycles. The van der Waals surface area contributed by atoms with Crippen molar-refractivity contribution in [3.8, 4) is 11.4 Å². The van der Waals surface area contributed by atoms with E-state index in [-0.39, 0.29) is 0 Å². The Hall–Kier alpha value is -3.12. The Balaban J connectivity index is 1.57. The van der Waals surface area contributed by atoms with Gasteiger partial charge in [-0.25, -0.2) is 0 Å². The van der Waals surface area contributed by atoms with Gasteiger partial charge in [-0.05, 0) is 28.5 Å². The lowest BCUT2D eigenvalue weighted by molar-refractivity contribution is 0.919. The highest BCUT2D eigenvalue weighted by Gasteiger charge is 2.14. The van der Waals surface area contributed by atoms with Gasteiger partial charge >= 0.3 is 0 Å². The maximum Gasteiger partial charge on any atom is 0.234 e. The van der Waals surface area contributed by atoms with Crippen molar-refractivity contribution in [3.63, 3.8) is 0 Å². The smallest absolute Gasteiger partial charge is 0.234 e. The molecule has 5 aromatic rings. The molecule has 0 radical (unpaired) electrons. The summed E-state index contributed by atoms with van der Waals surface area (Å²) in [6.07, 6.45) is 4.28. The molecule has 0 N–H and O–H groups in total. The third-order valence-corrected chi connectivity index (χ3v) is 5.09. The fourth-order valence-electron chi connectivity index (χ4n) is 3.02. The second-order valence-electron chi connectivity index (χ2n) is 5.76. The fraction of sp³-hybridized carbons (Fsp3) is 0.0526. The molecule has 2 aromatic carbocycles. The summed E-state index contributed by atoms with van der Waals surface area (Å²) in [5.74, 6) is 0.748. The highest BCUT2D eigenvalue weighted by atomic mass is 32.1. The van der Waals surface area contributed by atoms with E-state index in [9.17, 15) is 0 Å². The molecule has 120 valence electrons. The second-order valence-corrected chi connectivity index (χ2v) is 6.81. The van der Waals surface area contributed by atoms with Gasteiger partial charge in [-0.2, -0.15) is 9.61 Å². The Morgan fingerprint density at radius 3 is 2.64 bits per heavy atom. The predicted octanol–water partition coefficient (Wildman–Crippen LogP) is 3.99. The Morgan fingerprint density at radius 2 is 1.72 bits per heavy atom. The molecule has 5 nitrogen and oxygen atoms in total. The molecule has 0 saturated heterocycles. The minimum atomic E-state index is 0.748. The SMILES string of the molecule is c1ccc2c(Cc3nn4c(-c5ccncc5)nnc4s3)cccc2c1. The van der Waals surface area contributed by atoms with E-state index in [4.69, 9.17) is 5.10 Å². The van der Waals surface area contributed by atoms with Crippen molar-refractivity contribution >= 4 is 27.1 Å². The zero-order valence-corrected chi connectivity index (χ0v) is 14.0. The van der Waals surface area contributed by atoms with Crippen LogP contribution in [0.15, 0.2) is 67.0 Å². The number of hydrogen-bond donors (Lipinski definition) is 0. The first kappa shape index (κ1) is 14.2. The Morgan fingerprint density at radius 1 is 0.880 bits per heavy atom. The van der Waals surface area contributed by atoms with Gasteiger partial charge in [-0.15, -0.1) is 10.2 Å². The molecule has 3 heterocycles. The van der Waals surface area contributed by atoms with Crippen LogP contribution < -0.4 is 0 Å². The molecular weight excluding hydrogens is 330 g/mol. The number of rotatable bonds is 3. The molecule has 0 fully saturated rings. The lowest BCUT2D eigenvalue weighted by Crippen LogP contribution is -1.94. The summed E-state index contributed by atoms with van der Waals surface area (Å²) in [7, 11) is 0. The van der Waals surface area contributed by atoms with E-state index in [0.717, 1.165) is 27.8 Å². The Labute approximate surface area is 147 Å². The maximum atomic E-state index is 4.74. The molecule has 0 bridgehead atoms. The molecule has 0 aliphatic carbocycles. The number of pyridine rings is 1. The van der Waals surface area contributed by atoms with Crippen LogP contribution in [0.4, 0.5) is 0 Å². The summed E-state index contributed by atoms with van der Waals surface area (Å²) in [6.45, 7) is 0. The zero-order valence-electron chi connectivity index (χ0n) is 13.2. The molecule has 0 spiro atoms. The van der Waals surface area contributed by atoms with E-state index >= 15 is 0 Å². The molecular formula is C19H13N5S. The minimum absolute atomic E-state index is 0.748. The fourth-order valence-corrected chi connectivity index (χ4v) is 3.87. The number of aromatic nitrogens is 5. The molecule has 0 amide bonds. The Kier molecular flexibility index (Phi) is 3.28. The highest BCUT2D eigenvalue weighted by molar-refractivity contribution is 7.16. The van der Waals surface area contributed by atoms with E-state index in [2.05, 4.69) is 57.6 Å². The van der Waals surface area contributed by atoms with Gasteiger partial charge in [0.15, 0.2) is 5.82 Å². The molecule has 5 rings (SSSR count). The second kappa shape index (κ2) is 5.75. The summed E-state index contributed by atoms with van der Waals surface area (Å²) in [5, 5.41) is 16.8. The van der Waals surface area contributed by atoms with Gasteiger partial charge < -0.3 is 0 Å². The van der Waals surface area contributed by atoms with Crippen molar-refractivity contribution < 1.29 is 0 Å². The van der Waals surface area contributed by atoms with Crippen LogP contribution in [0.5, 0.6) is 0 Å². The van der Waals surface area contributed by atoms with Crippen molar-refractivity contribution in [2.24, 2.45) is 0 Å². The molecule has 25 heavy (non-hydrogen) atoms. The topological polar surface area (TPSA) is 56.0 Å². The van der Waals surface area contributed by atoms with Gasteiger partial charge in [0.1, 0.15) is 5.01 Å². The molecule has 0 aliphatic heterocycles. The quantitative estimate of drug-likeness (QED) is 0.497. The summed E-state index contributed by atoms with van der Waals surface area (Å²) in [4.78, 5) is 4.86. The summed E-state index contributed by atoms with van der Waals surface area (Å²) < 4.78 is 1.82. The Bertz CT molecular complexity index is 1170. The van der Waals surface area contributed by atoms with E-state index < -0.39 is 0 Å². The summed E-state index contributed by atoms with van der Waals surface area (Å²) >= 11 is 1.58. The number of nitrogens with zero attached hydrogens (tertiary/aromatic N) is 5. The summed E-state index contributed by atoms with van der Waals surface area (Å²) in [5.41, 5.74) is 2.23. The van der Waals surface area contributed by atoms with Crippen molar-refractivity contribution in [1.82, 2.24) is 24.8 Å². The standard InChI is InChI=1S/C19H13N5S/c1-2-7-16-13(4-1)5-3-6-15(16)12-17-23-24-18(21-22-19(24)25-17)14-8-10-20-11-9-14/h1-11H,12H2. The van der Waals surface area contributed by atoms with Gasteiger partial charge in [-0.1, -0.05) is 53.8 Å². The highest BCUT2D eigenvalue weighted by Crippen LogP contribution is 2.25. The van der Waals surface area contributed by atoms with Gasteiger partial charge in [0.05, 0.1) is 0 Å². The first-order valence-corrected chi connectivity index (χ1v) is 8.78. The van der Waals surface area contributed by atoms with Crippen LogP contribution in [0.3, 0.4) is 0 Å². The normalized spacial score (nSPS) is 11.4. The summed E-state index contributed by atoms with van der Waals surface area (Å²) in [6, 6.07) is 18.7. The van der Waals surface area contributed by atoms with Gasteiger partial charge in [-0.3, -0.25) is 4.98 Å². The minimum Gasteiger partial charge on any atom is -0.265 e. The lowest BCUT2D eigenvalue weighted by Gasteiger charge is -2.04. The number of hydrogen-bond acceptors (Lipinski definition) is 5. The van der Waals surface area contributed by atoms with Gasteiger partial charge in [0.25, 0.3) is 0 Å². The first-order valence-electron chi connectivity index (χ1n) is 7.97. The number of fused-ring (bicyclic) bond motifs is 2. The molecule has 0 aliphatic rings. The van der Waals surface area contributed by atoms with Crippen molar-refractivity contribution in [2.45, 2.75) is 6.42 Å². The van der Waals surface area contributed by atoms with Crippen LogP contribution in [0.1, 0.15) is 10.6 Å². The molecule has 3 aromatic heterocycles. The van der Waals surface area contributed by atoms with Gasteiger partial charge in [0.2, 0.25) is 4.96 Å². The van der Waals surface area contributed by atoms with Crippen LogP contribution >= 0.6 is 11.3 Å². The predicted molar refractivity (Wildman–Crippen MR) is 98.6 cm³/mol. The zero-order chi connectivity index (χ0) is 16.6. The third kappa shape index (κ3) is 2.47. The van der Waals surface area contributed by atoms with Crippen LogP contribution in [-0.2, 0) is 6.42 Å². The van der Waals surface area contributed by atoms with E-state index in [1.807, 2.05) is 16.6 Å². The monoisotopic (exact) mass is 343 g/mol. The van der Waals surface area contributed by atoms with Gasteiger partial charge in [0, 0.05) is 24.4 Å². The van der Waals surface area contributed by atoms with Crippen LogP contribution in [-0.4, -0.2) is 24.8 Å². The lowest BCUT2D eigenvalue weighted by atomic mass is 10.0. The average Bonchev–Trinajstić information content (AvgIpc) is 3.23. The van der Waals surface area contributed by atoms with Crippen molar-refractivity contribution in [2.75, 3.05) is 0 Å². The molecule has 6 heteroatoms. The first-order chi connectivity index (χ1) is 12.4. The van der Waals surface area contributed by atoms with E-state index in [1.165, 1.54) is 16.3 Å². The van der Waals surface area contributed by atoms with Crippen LogP contribution in [0.2, 0.25) is 0 Å². The van der Waals surface area contributed by atoms with Crippen LogP contribution in [0.25, 0.3) is 27.1 Å². The van der Waals surface area contributed by atoms with E-state index in [1.54, 1.807) is 23.7 Å². The molecule has 0 atom stereocenters. The van der Waals surface area contributed by atoms with Crippen molar-refractivity contribution in [3.05, 3.63) is 77.6 Å². The molecule has 0 unspecified atom stereocenters.